The molecule has 3 rings (SSSR count). The Labute approximate surface area is 170 Å². The third kappa shape index (κ3) is 5.14. The first-order chi connectivity index (χ1) is 13.8. The second-order valence-electron chi connectivity index (χ2n) is 6.96. The van der Waals surface area contributed by atoms with E-state index < -0.39 is 9.84 Å². The van der Waals surface area contributed by atoms with E-state index >= 15 is 0 Å². The summed E-state index contributed by atoms with van der Waals surface area (Å²) in [6.45, 7) is 3.78. The Balaban J connectivity index is 1.56. The zero-order chi connectivity index (χ0) is 21.0. The summed E-state index contributed by atoms with van der Waals surface area (Å²) in [6.07, 6.45) is 2.11. The van der Waals surface area contributed by atoms with Crippen LogP contribution in [0.15, 0.2) is 29.4 Å². The third-order valence-corrected chi connectivity index (χ3v) is 6.61. The van der Waals surface area contributed by atoms with Crippen molar-refractivity contribution in [2.75, 3.05) is 30.5 Å². The SMILES string of the molecule is COc1ccc(NCC(=O)N/N=C\c2c(C)nn([C@H]3CCS(=O)(=O)C3)c2C)cc1. The Kier molecular flexibility index (Phi) is 6.21. The van der Waals surface area contributed by atoms with Gasteiger partial charge in [0.1, 0.15) is 5.75 Å². The summed E-state index contributed by atoms with van der Waals surface area (Å²) in [5.74, 6) is 0.753. The molecule has 1 amide bonds. The first kappa shape index (κ1) is 20.8. The van der Waals surface area contributed by atoms with Gasteiger partial charge in [0, 0.05) is 16.9 Å². The molecule has 10 heteroatoms. The van der Waals surface area contributed by atoms with Gasteiger partial charge in [0.2, 0.25) is 0 Å². The fourth-order valence-electron chi connectivity index (χ4n) is 3.29. The molecule has 0 bridgehead atoms. The van der Waals surface area contributed by atoms with Gasteiger partial charge in [-0.15, -0.1) is 0 Å². The van der Waals surface area contributed by atoms with E-state index in [0.29, 0.717) is 6.42 Å². The van der Waals surface area contributed by atoms with Crippen LogP contribution < -0.4 is 15.5 Å². The molecule has 29 heavy (non-hydrogen) atoms. The average Bonchev–Trinajstić information content (AvgIpc) is 3.19. The van der Waals surface area contributed by atoms with Crippen LogP contribution in [0.2, 0.25) is 0 Å². The van der Waals surface area contributed by atoms with Crippen molar-refractivity contribution < 1.29 is 17.9 Å². The van der Waals surface area contributed by atoms with E-state index in [1.807, 2.05) is 26.0 Å². The first-order valence-electron chi connectivity index (χ1n) is 9.25. The molecule has 1 aromatic carbocycles. The highest BCUT2D eigenvalue weighted by Crippen LogP contribution is 2.26. The van der Waals surface area contributed by atoms with E-state index in [-0.39, 0.29) is 30.0 Å². The predicted octanol–water partition coefficient (Wildman–Crippen LogP) is 1.43. The lowest BCUT2D eigenvalue weighted by molar-refractivity contribution is -0.119. The summed E-state index contributed by atoms with van der Waals surface area (Å²) < 4.78 is 30.3. The van der Waals surface area contributed by atoms with Crippen molar-refractivity contribution in [2.45, 2.75) is 26.3 Å². The van der Waals surface area contributed by atoms with Crippen molar-refractivity contribution in [3.8, 4) is 5.75 Å². The zero-order valence-electron chi connectivity index (χ0n) is 16.7. The summed E-state index contributed by atoms with van der Waals surface area (Å²) >= 11 is 0. The molecular formula is C19H25N5O4S. The number of rotatable bonds is 7. The van der Waals surface area contributed by atoms with E-state index in [0.717, 1.165) is 28.4 Å². The molecule has 9 nitrogen and oxygen atoms in total. The van der Waals surface area contributed by atoms with Gasteiger partial charge < -0.3 is 10.1 Å². The number of carbonyl (C=O) groups is 1. The third-order valence-electron chi connectivity index (χ3n) is 4.86. The smallest absolute Gasteiger partial charge is 0.259 e. The van der Waals surface area contributed by atoms with E-state index in [2.05, 4.69) is 20.9 Å². The maximum Gasteiger partial charge on any atom is 0.259 e. The number of methoxy groups -OCH3 is 1. The largest absolute Gasteiger partial charge is 0.497 e. The highest BCUT2D eigenvalue weighted by atomic mass is 32.2. The maximum absolute atomic E-state index is 12.0. The number of benzene rings is 1. The first-order valence-corrected chi connectivity index (χ1v) is 11.1. The number of hydrogen-bond acceptors (Lipinski definition) is 7. The van der Waals surface area contributed by atoms with Gasteiger partial charge in [-0.05, 0) is 44.5 Å². The molecule has 0 aliphatic carbocycles. The topological polar surface area (TPSA) is 115 Å². The molecule has 1 fully saturated rings. The number of anilines is 1. The van der Waals surface area contributed by atoms with Crippen LogP contribution in [-0.2, 0) is 14.6 Å². The number of carbonyl (C=O) groups excluding carboxylic acids is 1. The number of aryl methyl sites for hydroxylation is 1. The Hall–Kier alpha value is -2.88. The number of nitrogens with one attached hydrogen (secondary N) is 2. The molecule has 0 spiro atoms. The molecule has 1 aliphatic rings. The summed E-state index contributed by atoms with van der Waals surface area (Å²) in [5.41, 5.74) is 5.62. The number of nitrogens with zero attached hydrogens (tertiary/aromatic N) is 3. The quantitative estimate of drug-likeness (QED) is 0.518. The van der Waals surface area contributed by atoms with Gasteiger partial charge in [-0.1, -0.05) is 0 Å². The van der Waals surface area contributed by atoms with Gasteiger partial charge in [-0.2, -0.15) is 10.2 Å². The number of hydrazone groups is 1. The molecule has 0 saturated carbocycles. The van der Waals surface area contributed by atoms with Gasteiger partial charge in [0.25, 0.3) is 5.91 Å². The van der Waals surface area contributed by atoms with Crippen LogP contribution >= 0.6 is 0 Å². The fraction of sp³-hybridized carbons (Fsp3) is 0.421. The Morgan fingerprint density at radius 1 is 1.34 bits per heavy atom. The number of aromatic nitrogens is 2. The Morgan fingerprint density at radius 3 is 2.69 bits per heavy atom. The molecular weight excluding hydrogens is 394 g/mol. The Bertz CT molecular complexity index is 1010. The summed E-state index contributed by atoms with van der Waals surface area (Å²) in [7, 11) is -1.40. The minimum Gasteiger partial charge on any atom is -0.497 e. The van der Waals surface area contributed by atoms with Crippen molar-refractivity contribution in [3.05, 3.63) is 41.2 Å². The molecule has 2 N–H and O–H groups in total. The van der Waals surface area contributed by atoms with E-state index in [1.54, 1.807) is 30.1 Å². The molecule has 1 aliphatic heterocycles. The molecule has 1 saturated heterocycles. The number of hydrogen-bond donors (Lipinski definition) is 2. The minimum atomic E-state index is -2.99. The van der Waals surface area contributed by atoms with Crippen molar-refractivity contribution in [1.29, 1.82) is 0 Å². The number of amides is 1. The van der Waals surface area contributed by atoms with Crippen LogP contribution in [0.25, 0.3) is 0 Å². The average molecular weight is 420 g/mol. The molecule has 1 aromatic heterocycles. The van der Waals surface area contributed by atoms with E-state index in [1.165, 1.54) is 0 Å². The molecule has 0 unspecified atom stereocenters. The summed E-state index contributed by atoms with van der Waals surface area (Å²) in [6, 6.07) is 7.09. The Morgan fingerprint density at radius 2 is 2.07 bits per heavy atom. The fourth-order valence-corrected chi connectivity index (χ4v) is 4.98. The standard InChI is InChI=1S/C19H25N5O4S/c1-13-18(14(2)24(23-13)16-8-9-29(26,27)12-16)10-21-22-19(25)11-20-15-4-6-17(28-3)7-5-15/h4-7,10,16,20H,8-9,11-12H2,1-3H3,(H,22,25)/b21-10-/t16-/m0/s1. The maximum atomic E-state index is 12.0. The van der Waals surface area contributed by atoms with Gasteiger partial charge in [0.15, 0.2) is 9.84 Å². The second kappa shape index (κ2) is 8.64. The lowest BCUT2D eigenvalue weighted by atomic mass is 10.2. The summed E-state index contributed by atoms with van der Waals surface area (Å²) in [5, 5.41) is 11.5. The van der Waals surface area contributed by atoms with Crippen LogP contribution in [0.4, 0.5) is 5.69 Å². The molecule has 2 aromatic rings. The summed E-state index contributed by atoms with van der Waals surface area (Å²) in [4.78, 5) is 12.0. The van der Waals surface area contributed by atoms with Crippen LogP contribution in [-0.4, -0.2) is 55.5 Å². The highest BCUT2D eigenvalue weighted by Gasteiger charge is 2.31. The van der Waals surface area contributed by atoms with E-state index in [4.69, 9.17) is 4.74 Å². The second-order valence-corrected chi connectivity index (χ2v) is 9.19. The van der Waals surface area contributed by atoms with Gasteiger partial charge in [-0.25, -0.2) is 13.8 Å². The minimum absolute atomic E-state index is 0.0703. The number of sulfone groups is 1. The normalized spacial score (nSPS) is 18.1. The zero-order valence-corrected chi connectivity index (χ0v) is 17.5. The van der Waals surface area contributed by atoms with Gasteiger partial charge in [0.05, 0.1) is 43.1 Å². The lowest BCUT2D eigenvalue weighted by Gasteiger charge is -2.10. The van der Waals surface area contributed by atoms with Crippen LogP contribution in [0.5, 0.6) is 5.75 Å². The van der Waals surface area contributed by atoms with Crippen LogP contribution in [0.1, 0.15) is 29.4 Å². The van der Waals surface area contributed by atoms with Crippen molar-refractivity contribution in [2.24, 2.45) is 5.10 Å². The molecule has 156 valence electrons. The van der Waals surface area contributed by atoms with Crippen molar-refractivity contribution in [3.63, 3.8) is 0 Å². The van der Waals surface area contributed by atoms with Gasteiger partial charge in [-0.3, -0.25) is 9.48 Å². The molecule has 1 atom stereocenters. The van der Waals surface area contributed by atoms with Gasteiger partial charge >= 0.3 is 0 Å². The predicted molar refractivity (Wildman–Crippen MR) is 111 cm³/mol. The lowest BCUT2D eigenvalue weighted by Crippen LogP contribution is -2.25. The monoisotopic (exact) mass is 419 g/mol. The highest BCUT2D eigenvalue weighted by molar-refractivity contribution is 7.91. The van der Waals surface area contributed by atoms with E-state index in [9.17, 15) is 13.2 Å². The molecule has 2 heterocycles. The van der Waals surface area contributed by atoms with Crippen molar-refractivity contribution in [1.82, 2.24) is 15.2 Å². The van der Waals surface area contributed by atoms with Crippen LogP contribution in [0, 0.1) is 13.8 Å². The number of ether oxygens (including phenoxy) is 1. The van der Waals surface area contributed by atoms with Crippen molar-refractivity contribution >= 4 is 27.6 Å². The van der Waals surface area contributed by atoms with Crippen LogP contribution in [0.3, 0.4) is 0 Å². The molecule has 0 radical (unpaired) electrons.